The van der Waals surface area contributed by atoms with Gasteiger partial charge in [-0.1, -0.05) is 25.0 Å². The first-order chi connectivity index (χ1) is 12.7. The molecule has 7 heteroatoms. The second kappa shape index (κ2) is 7.07. The molecule has 2 atom stereocenters. The molecule has 26 heavy (non-hydrogen) atoms. The predicted molar refractivity (Wildman–Crippen MR) is 93.1 cm³/mol. The number of likely N-dealkylation sites (tertiary alicyclic amines) is 1. The number of carbonyl (C=O) groups is 2. The lowest BCUT2D eigenvalue weighted by atomic mass is 9.99. The van der Waals surface area contributed by atoms with Gasteiger partial charge in [0.15, 0.2) is 5.58 Å². The van der Waals surface area contributed by atoms with Crippen molar-refractivity contribution in [3.05, 3.63) is 30.2 Å². The number of hydroxylamine groups is 2. The zero-order valence-corrected chi connectivity index (χ0v) is 14.6. The number of rotatable bonds is 7. The van der Waals surface area contributed by atoms with Gasteiger partial charge in [0, 0.05) is 6.54 Å². The maximum atomic E-state index is 13.2. The molecule has 2 aliphatic rings. The Morgan fingerprint density at radius 3 is 2.92 bits per heavy atom. The Labute approximate surface area is 151 Å². The lowest BCUT2D eigenvalue weighted by Gasteiger charge is -2.28. The van der Waals surface area contributed by atoms with E-state index in [1.54, 1.807) is 0 Å². The summed E-state index contributed by atoms with van der Waals surface area (Å²) >= 11 is 0. The van der Waals surface area contributed by atoms with E-state index in [4.69, 9.17) is 4.42 Å². The van der Waals surface area contributed by atoms with E-state index in [9.17, 15) is 14.8 Å². The summed E-state index contributed by atoms with van der Waals surface area (Å²) in [6, 6.07) is 7.40. The van der Waals surface area contributed by atoms with Crippen molar-refractivity contribution in [1.82, 2.24) is 14.9 Å². The monoisotopic (exact) mass is 357 g/mol. The Balaban J connectivity index is 1.55. The molecule has 0 radical (unpaired) electrons. The molecule has 0 bridgehead atoms. The first-order valence-electron chi connectivity index (χ1n) is 9.22. The van der Waals surface area contributed by atoms with Crippen molar-refractivity contribution >= 4 is 23.4 Å². The smallest absolute Gasteiger partial charge is 0.233 e. The van der Waals surface area contributed by atoms with Gasteiger partial charge in [0.1, 0.15) is 11.6 Å². The predicted octanol–water partition coefficient (Wildman–Crippen LogP) is 2.76. The van der Waals surface area contributed by atoms with E-state index in [-0.39, 0.29) is 24.4 Å². The lowest BCUT2D eigenvalue weighted by Crippen LogP contribution is -2.40. The highest BCUT2D eigenvalue weighted by Crippen LogP contribution is 2.39. The average molecular weight is 357 g/mol. The SMILES string of the molecule is O=CN(O)C[C@@H](CC1CC1)C(=O)N1CCC[C@H]1c1nc2ccccc2o1. The molecule has 1 aromatic carbocycles. The van der Waals surface area contributed by atoms with Gasteiger partial charge in [0.05, 0.1) is 12.5 Å². The highest BCUT2D eigenvalue weighted by molar-refractivity contribution is 5.80. The number of carbonyl (C=O) groups excluding carboxylic acids is 2. The van der Waals surface area contributed by atoms with Crippen LogP contribution in [0.4, 0.5) is 0 Å². The molecule has 4 rings (SSSR count). The van der Waals surface area contributed by atoms with Crippen LogP contribution in [0.3, 0.4) is 0 Å². The average Bonchev–Trinajstić information content (AvgIpc) is 3.17. The van der Waals surface area contributed by atoms with Gasteiger partial charge in [-0.05, 0) is 37.3 Å². The fourth-order valence-electron chi connectivity index (χ4n) is 3.83. The molecule has 2 aromatic rings. The fourth-order valence-corrected chi connectivity index (χ4v) is 3.83. The van der Waals surface area contributed by atoms with E-state index in [0.29, 0.717) is 36.2 Å². The summed E-state index contributed by atoms with van der Waals surface area (Å²) in [6.45, 7) is 0.686. The van der Waals surface area contributed by atoms with Crippen LogP contribution < -0.4 is 0 Å². The summed E-state index contributed by atoms with van der Waals surface area (Å²) in [6.07, 6.45) is 5.00. The quantitative estimate of drug-likeness (QED) is 0.468. The van der Waals surface area contributed by atoms with Gasteiger partial charge < -0.3 is 9.32 Å². The summed E-state index contributed by atoms with van der Waals surface area (Å²) in [7, 11) is 0. The van der Waals surface area contributed by atoms with Crippen molar-refractivity contribution in [3.8, 4) is 0 Å². The van der Waals surface area contributed by atoms with Crippen LogP contribution in [0.25, 0.3) is 11.1 Å². The topological polar surface area (TPSA) is 86.9 Å². The fraction of sp³-hybridized carbons (Fsp3) is 0.526. The van der Waals surface area contributed by atoms with E-state index >= 15 is 0 Å². The van der Waals surface area contributed by atoms with Crippen molar-refractivity contribution in [2.45, 2.75) is 38.1 Å². The van der Waals surface area contributed by atoms with Gasteiger partial charge in [-0.15, -0.1) is 0 Å². The van der Waals surface area contributed by atoms with Crippen LogP contribution in [0.1, 0.15) is 44.0 Å². The standard InChI is InChI=1S/C19H23N3O4/c23-12-21(25)11-14(10-13-7-8-13)19(24)22-9-3-5-16(22)18-20-15-4-1-2-6-17(15)26-18/h1-2,4,6,12-14,16,25H,3,5,7-11H2/t14-,16+/m1/s1. The first-order valence-corrected chi connectivity index (χ1v) is 9.22. The number of benzene rings is 1. The third-order valence-electron chi connectivity index (χ3n) is 5.32. The highest BCUT2D eigenvalue weighted by atomic mass is 16.5. The van der Waals surface area contributed by atoms with E-state index in [1.165, 1.54) is 0 Å². The zero-order chi connectivity index (χ0) is 18.1. The van der Waals surface area contributed by atoms with E-state index < -0.39 is 0 Å². The Morgan fingerprint density at radius 1 is 1.38 bits per heavy atom. The minimum Gasteiger partial charge on any atom is -0.438 e. The Kier molecular flexibility index (Phi) is 4.63. The van der Waals surface area contributed by atoms with Gasteiger partial charge in [-0.25, -0.2) is 10.0 Å². The number of hydrogen-bond acceptors (Lipinski definition) is 5. The summed E-state index contributed by atoms with van der Waals surface area (Å²) in [5, 5.41) is 10.2. The van der Waals surface area contributed by atoms with Crippen LogP contribution >= 0.6 is 0 Å². The lowest BCUT2D eigenvalue weighted by molar-refractivity contribution is -0.157. The third-order valence-corrected chi connectivity index (χ3v) is 5.32. The van der Waals surface area contributed by atoms with Crippen LogP contribution in [0.2, 0.25) is 0 Å². The van der Waals surface area contributed by atoms with Crippen LogP contribution in [-0.4, -0.2) is 45.6 Å². The summed E-state index contributed by atoms with van der Waals surface area (Å²) in [5.74, 6) is 0.679. The van der Waals surface area contributed by atoms with Crippen molar-refractivity contribution in [3.63, 3.8) is 0 Å². The summed E-state index contributed by atoms with van der Waals surface area (Å²) in [4.78, 5) is 30.3. The summed E-state index contributed by atoms with van der Waals surface area (Å²) in [5.41, 5.74) is 1.51. The van der Waals surface area contributed by atoms with Crippen molar-refractivity contribution in [2.24, 2.45) is 11.8 Å². The molecular formula is C19H23N3O4. The van der Waals surface area contributed by atoms with Crippen LogP contribution in [0, 0.1) is 11.8 Å². The number of nitrogens with zero attached hydrogens (tertiary/aromatic N) is 3. The molecule has 2 amide bonds. The molecule has 1 aliphatic carbocycles. The second-order valence-electron chi connectivity index (χ2n) is 7.31. The van der Waals surface area contributed by atoms with Gasteiger partial charge in [-0.2, -0.15) is 0 Å². The minimum atomic E-state index is -0.386. The molecule has 0 spiro atoms. The van der Waals surface area contributed by atoms with Gasteiger partial charge in [0.2, 0.25) is 18.2 Å². The zero-order valence-electron chi connectivity index (χ0n) is 14.6. The Hall–Kier alpha value is -2.41. The number of para-hydroxylation sites is 2. The maximum Gasteiger partial charge on any atom is 0.233 e. The van der Waals surface area contributed by atoms with Gasteiger partial charge >= 0.3 is 0 Å². The molecule has 1 aliphatic heterocycles. The van der Waals surface area contributed by atoms with Crippen molar-refractivity contribution in [1.29, 1.82) is 0 Å². The Morgan fingerprint density at radius 2 is 2.19 bits per heavy atom. The van der Waals surface area contributed by atoms with Crippen molar-refractivity contribution < 1.29 is 19.2 Å². The number of fused-ring (bicyclic) bond motifs is 1. The normalized spacial score (nSPS) is 21.1. The first kappa shape index (κ1) is 17.0. The largest absolute Gasteiger partial charge is 0.438 e. The van der Waals surface area contributed by atoms with Crippen LogP contribution in [-0.2, 0) is 9.59 Å². The molecule has 1 aromatic heterocycles. The highest BCUT2D eigenvalue weighted by Gasteiger charge is 2.39. The van der Waals surface area contributed by atoms with Gasteiger partial charge in [-0.3, -0.25) is 14.8 Å². The molecule has 1 saturated heterocycles. The van der Waals surface area contributed by atoms with Crippen LogP contribution in [0.15, 0.2) is 28.7 Å². The number of amides is 2. The number of aromatic nitrogens is 1. The van der Waals surface area contributed by atoms with E-state index in [0.717, 1.165) is 36.8 Å². The molecule has 1 N–H and O–H groups in total. The molecule has 0 unspecified atom stereocenters. The maximum absolute atomic E-state index is 13.2. The number of hydrogen-bond donors (Lipinski definition) is 1. The minimum absolute atomic E-state index is 0.0254. The molecule has 7 nitrogen and oxygen atoms in total. The van der Waals surface area contributed by atoms with Crippen molar-refractivity contribution in [2.75, 3.05) is 13.1 Å². The second-order valence-corrected chi connectivity index (χ2v) is 7.31. The van der Waals surface area contributed by atoms with Crippen LogP contribution in [0.5, 0.6) is 0 Å². The third kappa shape index (κ3) is 3.44. The molecular weight excluding hydrogens is 334 g/mol. The Bertz CT molecular complexity index is 768. The van der Waals surface area contributed by atoms with E-state index in [2.05, 4.69) is 4.98 Å². The summed E-state index contributed by atoms with van der Waals surface area (Å²) < 4.78 is 5.89. The molecule has 2 fully saturated rings. The molecule has 1 saturated carbocycles. The van der Waals surface area contributed by atoms with Gasteiger partial charge in [0.25, 0.3) is 0 Å². The molecule has 138 valence electrons. The molecule has 2 heterocycles. The van der Waals surface area contributed by atoms with E-state index in [1.807, 2.05) is 29.2 Å². The number of oxazole rings is 1.